The number of methoxy groups -OCH3 is 1. The molecule has 1 aromatic heterocycles. The van der Waals surface area contributed by atoms with Crippen LogP contribution in [0.4, 0.5) is 5.00 Å². The van der Waals surface area contributed by atoms with E-state index >= 15 is 0 Å². The Morgan fingerprint density at radius 3 is 2.24 bits per heavy atom. The summed E-state index contributed by atoms with van der Waals surface area (Å²) < 4.78 is 10.6. The van der Waals surface area contributed by atoms with E-state index in [2.05, 4.69) is 5.32 Å². The van der Waals surface area contributed by atoms with Crippen LogP contribution in [0.1, 0.15) is 39.4 Å². The number of nitrogens with one attached hydrogen (secondary N) is 1. The third-order valence-electron chi connectivity index (χ3n) is 4.25. The van der Waals surface area contributed by atoms with E-state index in [0.29, 0.717) is 21.9 Å². The van der Waals surface area contributed by atoms with Crippen molar-refractivity contribution in [2.24, 2.45) is 0 Å². The Morgan fingerprint density at radius 1 is 1.00 bits per heavy atom. The summed E-state index contributed by atoms with van der Waals surface area (Å²) in [6, 6.07) is 16.5. The van der Waals surface area contributed by atoms with E-state index < -0.39 is 5.97 Å². The Labute approximate surface area is 174 Å². The van der Waals surface area contributed by atoms with Gasteiger partial charge in [-0.3, -0.25) is 4.79 Å². The van der Waals surface area contributed by atoms with Gasteiger partial charge in [0, 0.05) is 16.0 Å². The fourth-order valence-electron chi connectivity index (χ4n) is 3.01. The van der Waals surface area contributed by atoms with Crippen LogP contribution in [0.5, 0.6) is 5.75 Å². The van der Waals surface area contributed by atoms with Crippen molar-refractivity contribution in [3.8, 4) is 16.9 Å². The number of hydrogen-bond acceptors (Lipinski definition) is 5. The predicted molar refractivity (Wildman–Crippen MR) is 116 cm³/mol. The van der Waals surface area contributed by atoms with Crippen LogP contribution in [0.3, 0.4) is 0 Å². The van der Waals surface area contributed by atoms with Gasteiger partial charge < -0.3 is 14.8 Å². The molecule has 3 aromatic rings. The number of anilines is 1. The lowest BCUT2D eigenvalue weighted by molar-refractivity contribution is 0.0603. The molecule has 0 atom stereocenters. The predicted octanol–water partition coefficient (Wildman–Crippen LogP) is 5.55. The van der Waals surface area contributed by atoms with E-state index in [1.807, 2.05) is 51.1 Å². The Morgan fingerprint density at radius 2 is 1.66 bits per heavy atom. The number of amides is 1. The molecule has 0 fully saturated rings. The SMILES string of the molecule is COC(=O)c1c(NC(=O)c2ccc(OC(C)C)cc2)sc(C)c1-c1ccccc1. The minimum Gasteiger partial charge on any atom is -0.491 e. The van der Waals surface area contributed by atoms with Crippen molar-refractivity contribution in [1.82, 2.24) is 0 Å². The zero-order valence-corrected chi connectivity index (χ0v) is 17.6. The zero-order chi connectivity index (χ0) is 21.0. The number of rotatable bonds is 6. The molecule has 0 aliphatic heterocycles. The van der Waals surface area contributed by atoms with Crippen LogP contribution in [0.25, 0.3) is 11.1 Å². The van der Waals surface area contributed by atoms with Crippen molar-refractivity contribution in [3.05, 3.63) is 70.6 Å². The summed E-state index contributed by atoms with van der Waals surface area (Å²) in [7, 11) is 1.34. The maximum Gasteiger partial charge on any atom is 0.341 e. The molecule has 0 bridgehead atoms. The minimum absolute atomic E-state index is 0.0581. The molecule has 0 unspecified atom stereocenters. The first kappa shape index (κ1) is 20.6. The van der Waals surface area contributed by atoms with Crippen LogP contribution < -0.4 is 10.1 Å². The van der Waals surface area contributed by atoms with Crippen molar-refractivity contribution < 1.29 is 19.1 Å². The fraction of sp³-hybridized carbons (Fsp3) is 0.217. The minimum atomic E-state index is -0.482. The van der Waals surface area contributed by atoms with Gasteiger partial charge in [-0.15, -0.1) is 11.3 Å². The number of carbonyl (C=O) groups excluding carboxylic acids is 2. The third kappa shape index (κ3) is 4.66. The van der Waals surface area contributed by atoms with E-state index in [0.717, 1.165) is 16.0 Å². The molecule has 0 spiro atoms. The molecule has 29 heavy (non-hydrogen) atoms. The second-order valence-electron chi connectivity index (χ2n) is 6.74. The van der Waals surface area contributed by atoms with E-state index in [1.54, 1.807) is 24.3 Å². The number of esters is 1. The van der Waals surface area contributed by atoms with Gasteiger partial charge in [0.05, 0.1) is 13.2 Å². The van der Waals surface area contributed by atoms with Crippen molar-refractivity contribution in [1.29, 1.82) is 0 Å². The van der Waals surface area contributed by atoms with Crippen molar-refractivity contribution in [2.45, 2.75) is 26.9 Å². The van der Waals surface area contributed by atoms with Gasteiger partial charge in [-0.2, -0.15) is 0 Å². The number of benzene rings is 2. The summed E-state index contributed by atoms with van der Waals surface area (Å²) in [6.45, 7) is 5.81. The second-order valence-corrected chi connectivity index (χ2v) is 7.96. The normalized spacial score (nSPS) is 10.7. The summed E-state index contributed by atoms with van der Waals surface area (Å²) in [6.07, 6.45) is 0.0581. The molecule has 150 valence electrons. The molecule has 0 aliphatic carbocycles. The molecule has 2 aromatic carbocycles. The lowest BCUT2D eigenvalue weighted by Gasteiger charge is -2.10. The van der Waals surface area contributed by atoms with Crippen molar-refractivity contribution >= 4 is 28.2 Å². The number of hydrogen-bond donors (Lipinski definition) is 1. The Bertz CT molecular complexity index is 1010. The Kier molecular flexibility index (Phi) is 6.34. The molecule has 1 amide bonds. The van der Waals surface area contributed by atoms with Crippen LogP contribution in [0.15, 0.2) is 54.6 Å². The summed E-state index contributed by atoms with van der Waals surface area (Å²) in [5, 5.41) is 3.34. The van der Waals surface area contributed by atoms with Crippen molar-refractivity contribution in [2.75, 3.05) is 12.4 Å². The first-order chi connectivity index (χ1) is 13.9. The number of carbonyl (C=O) groups is 2. The van der Waals surface area contributed by atoms with Gasteiger partial charge >= 0.3 is 5.97 Å². The molecule has 3 rings (SSSR count). The van der Waals surface area contributed by atoms with Crippen LogP contribution in [-0.2, 0) is 4.74 Å². The summed E-state index contributed by atoms with van der Waals surface area (Å²) in [5.41, 5.74) is 2.52. The van der Waals surface area contributed by atoms with Crippen LogP contribution in [0, 0.1) is 6.92 Å². The summed E-state index contributed by atoms with van der Waals surface area (Å²) in [4.78, 5) is 26.2. The highest BCUT2D eigenvalue weighted by molar-refractivity contribution is 7.17. The van der Waals surface area contributed by atoms with Gasteiger partial charge in [0.2, 0.25) is 0 Å². The summed E-state index contributed by atoms with van der Waals surface area (Å²) in [5.74, 6) is -0.0820. The smallest absolute Gasteiger partial charge is 0.341 e. The highest BCUT2D eigenvalue weighted by atomic mass is 32.1. The maximum absolute atomic E-state index is 12.8. The Balaban J connectivity index is 1.92. The standard InChI is InChI=1S/C23H23NO4S/c1-14(2)28-18-12-10-17(11-13-18)21(25)24-22-20(23(26)27-4)19(15(3)29-22)16-8-6-5-7-9-16/h5-14H,1-4H3,(H,24,25). The monoisotopic (exact) mass is 409 g/mol. The molecule has 1 heterocycles. The molecule has 1 N–H and O–H groups in total. The van der Waals surface area contributed by atoms with E-state index in [1.165, 1.54) is 18.4 Å². The van der Waals surface area contributed by atoms with Gasteiger partial charge in [0.1, 0.15) is 16.3 Å². The van der Waals surface area contributed by atoms with Gasteiger partial charge in [0.25, 0.3) is 5.91 Å². The Hall–Kier alpha value is -3.12. The first-order valence-electron chi connectivity index (χ1n) is 9.26. The van der Waals surface area contributed by atoms with Crippen LogP contribution in [0.2, 0.25) is 0 Å². The topological polar surface area (TPSA) is 64.6 Å². The maximum atomic E-state index is 12.8. The average Bonchev–Trinajstić information content (AvgIpc) is 3.03. The largest absolute Gasteiger partial charge is 0.491 e. The zero-order valence-electron chi connectivity index (χ0n) is 16.8. The van der Waals surface area contributed by atoms with Gasteiger partial charge in [-0.05, 0) is 50.6 Å². The van der Waals surface area contributed by atoms with Gasteiger partial charge in [-0.25, -0.2) is 4.79 Å². The molecule has 0 aliphatic rings. The molecule has 5 nitrogen and oxygen atoms in total. The highest BCUT2D eigenvalue weighted by Crippen LogP contribution is 2.40. The van der Waals surface area contributed by atoms with E-state index in [4.69, 9.17) is 9.47 Å². The third-order valence-corrected chi connectivity index (χ3v) is 5.27. The molecule has 0 radical (unpaired) electrons. The first-order valence-corrected chi connectivity index (χ1v) is 10.1. The van der Waals surface area contributed by atoms with E-state index in [9.17, 15) is 9.59 Å². The van der Waals surface area contributed by atoms with Crippen LogP contribution >= 0.6 is 11.3 Å². The highest BCUT2D eigenvalue weighted by Gasteiger charge is 2.25. The second kappa shape index (κ2) is 8.92. The average molecular weight is 410 g/mol. The lowest BCUT2D eigenvalue weighted by atomic mass is 10.0. The quantitative estimate of drug-likeness (QED) is 0.542. The molecule has 6 heteroatoms. The van der Waals surface area contributed by atoms with Crippen LogP contribution in [-0.4, -0.2) is 25.1 Å². The van der Waals surface area contributed by atoms with Gasteiger partial charge in [-0.1, -0.05) is 30.3 Å². The van der Waals surface area contributed by atoms with Gasteiger partial charge in [0.15, 0.2) is 0 Å². The molecule has 0 saturated heterocycles. The molecular formula is C23H23NO4S. The van der Waals surface area contributed by atoms with E-state index in [-0.39, 0.29) is 12.0 Å². The summed E-state index contributed by atoms with van der Waals surface area (Å²) >= 11 is 1.36. The number of aryl methyl sites for hydroxylation is 1. The molecule has 0 saturated carbocycles. The number of thiophene rings is 1. The van der Waals surface area contributed by atoms with Crippen molar-refractivity contribution in [3.63, 3.8) is 0 Å². The number of ether oxygens (including phenoxy) is 2. The fourth-order valence-corrected chi connectivity index (χ4v) is 4.07. The lowest BCUT2D eigenvalue weighted by Crippen LogP contribution is -2.14. The molecular weight excluding hydrogens is 386 g/mol.